The predicted molar refractivity (Wildman–Crippen MR) is 96.7 cm³/mol. The Balaban J connectivity index is 1.43. The van der Waals surface area contributed by atoms with Gasteiger partial charge in [0.05, 0.1) is 6.61 Å². The molecule has 1 amide bonds. The number of piperidine rings is 1. The highest BCUT2D eigenvalue weighted by molar-refractivity contribution is 5.91. The van der Waals surface area contributed by atoms with Gasteiger partial charge in [-0.2, -0.15) is 0 Å². The Morgan fingerprint density at radius 2 is 1.62 bits per heavy atom. The molecule has 3 nitrogen and oxygen atoms in total. The van der Waals surface area contributed by atoms with Crippen LogP contribution < -0.4 is 4.74 Å². The normalized spacial score (nSPS) is 15.6. The highest BCUT2D eigenvalue weighted by Crippen LogP contribution is 2.19. The van der Waals surface area contributed by atoms with Crippen molar-refractivity contribution in [2.45, 2.75) is 12.8 Å². The maximum atomic E-state index is 12.3. The molecule has 1 aliphatic heterocycles. The molecule has 1 fully saturated rings. The zero-order valence-electron chi connectivity index (χ0n) is 13.8. The standard InChI is InChI=1S/C21H23NO2/c23-21(12-11-18-7-3-1-4-8-18)22-15-13-19(14-16-22)17-24-20-9-5-2-6-10-20/h1-12,19H,13-17H2/b12-11+. The van der Waals surface area contributed by atoms with Crippen LogP contribution in [0.3, 0.4) is 0 Å². The Hall–Kier alpha value is -2.55. The zero-order valence-corrected chi connectivity index (χ0v) is 13.8. The number of amides is 1. The van der Waals surface area contributed by atoms with E-state index in [1.165, 1.54) is 0 Å². The lowest BCUT2D eigenvalue weighted by molar-refractivity contribution is -0.127. The molecule has 1 heterocycles. The molecular formula is C21H23NO2. The van der Waals surface area contributed by atoms with E-state index in [0.717, 1.165) is 43.9 Å². The summed E-state index contributed by atoms with van der Waals surface area (Å²) in [5, 5.41) is 0. The van der Waals surface area contributed by atoms with Crippen molar-refractivity contribution >= 4 is 12.0 Å². The minimum Gasteiger partial charge on any atom is -0.493 e. The summed E-state index contributed by atoms with van der Waals surface area (Å²) in [5.41, 5.74) is 1.05. The van der Waals surface area contributed by atoms with Crippen molar-refractivity contribution in [3.05, 3.63) is 72.3 Å². The third-order valence-electron chi connectivity index (χ3n) is 4.37. The molecule has 0 spiro atoms. The summed E-state index contributed by atoms with van der Waals surface area (Å²) < 4.78 is 5.83. The number of likely N-dealkylation sites (tertiary alicyclic amines) is 1. The molecule has 1 aliphatic rings. The third-order valence-corrected chi connectivity index (χ3v) is 4.37. The average Bonchev–Trinajstić information content (AvgIpc) is 2.66. The van der Waals surface area contributed by atoms with Gasteiger partial charge < -0.3 is 9.64 Å². The predicted octanol–water partition coefficient (Wildman–Crippen LogP) is 4.02. The molecule has 0 radical (unpaired) electrons. The second-order valence-corrected chi connectivity index (χ2v) is 6.14. The Morgan fingerprint density at radius 3 is 2.29 bits per heavy atom. The summed E-state index contributed by atoms with van der Waals surface area (Å²) in [6.45, 7) is 2.34. The topological polar surface area (TPSA) is 29.5 Å². The van der Waals surface area contributed by atoms with Gasteiger partial charge in [-0.1, -0.05) is 48.5 Å². The monoisotopic (exact) mass is 321 g/mol. The van der Waals surface area contributed by atoms with Gasteiger partial charge in [-0.05, 0) is 42.5 Å². The Morgan fingerprint density at radius 1 is 1.00 bits per heavy atom. The lowest BCUT2D eigenvalue weighted by Gasteiger charge is -2.31. The van der Waals surface area contributed by atoms with Crippen molar-refractivity contribution in [1.29, 1.82) is 0 Å². The maximum absolute atomic E-state index is 12.3. The molecule has 0 atom stereocenters. The molecule has 0 bridgehead atoms. The molecule has 0 aromatic heterocycles. The van der Waals surface area contributed by atoms with E-state index < -0.39 is 0 Å². The number of carbonyl (C=O) groups is 1. The second kappa shape index (κ2) is 8.34. The average molecular weight is 321 g/mol. The van der Waals surface area contributed by atoms with Crippen LogP contribution in [0.4, 0.5) is 0 Å². The van der Waals surface area contributed by atoms with Crippen LogP contribution in [-0.2, 0) is 4.79 Å². The minimum absolute atomic E-state index is 0.0984. The third kappa shape index (κ3) is 4.72. The quantitative estimate of drug-likeness (QED) is 0.779. The summed E-state index contributed by atoms with van der Waals surface area (Å²) in [7, 11) is 0. The Kier molecular flexibility index (Phi) is 5.67. The van der Waals surface area contributed by atoms with Gasteiger partial charge >= 0.3 is 0 Å². The lowest BCUT2D eigenvalue weighted by Crippen LogP contribution is -2.38. The number of carbonyl (C=O) groups excluding carboxylic acids is 1. The SMILES string of the molecule is O=C(/C=C/c1ccccc1)N1CCC(COc2ccccc2)CC1. The van der Waals surface area contributed by atoms with Crippen LogP contribution in [0.5, 0.6) is 5.75 Å². The fraction of sp³-hybridized carbons (Fsp3) is 0.286. The maximum Gasteiger partial charge on any atom is 0.246 e. The molecule has 124 valence electrons. The van der Waals surface area contributed by atoms with Crippen molar-refractivity contribution in [2.75, 3.05) is 19.7 Å². The first-order chi connectivity index (χ1) is 11.8. The van der Waals surface area contributed by atoms with Crippen LogP contribution in [0, 0.1) is 5.92 Å². The molecule has 0 aliphatic carbocycles. The van der Waals surface area contributed by atoms with Gasteiger partial charge in [-0.3, -0.25) is 4.79 Å². The zero-order chi connectivity index (χ0) is 16.6. The smallest absolute Gasteiger partial charge is 0.246 e. The number of ether oxygens (including phenoxy) is 1. The first kappa shape index (κ1) is 16.3. The number of nitrogens with zero attached hydrogens (tertiary/aromatic N) is 1. The Labute approximate surface area is 143 Å². The van der Waals surface area contributed by atoms with Crippen molar-refractivity contribution in [3.8, 4) is 5.75 Å². The number of rotatable bonds is 5. The fourth-order valence-corrected chi connectivity index (χ4v) is 2.89. The van der Waals surface area contributed by atoms with Gasteiger partial charge in [0.1, 0.15) is 5.75 Å². The highest BCUT2D eigenvalue weighted by Gasteiger charge is 2.21. The fourth-order valence-electron chi connectivity index (χ4n) is 2.89. The van der Waals surface area contributed by atoms with Crippen molar-refractivity contribution in [1.82, 2.24) is 4.90 Å². The molecule has 3 rings (SSSR count). The number of hydrogen-bond acceptors (Lipinski definition) is 2. The van der Waals surface area contributed by atoms with E-state index in [2.05, 4.69) is 0 Å². The van der Waals surface area contributed by atoms with Gasteiger partial charge in [-0.15, -0.1) is 0 Å². The van der Waals surface area contributed by atoms with Gasteiger partial charge in [0.2, 0.25) is 5.91 Å². The van der Waals surface area contributed by atoms with E-state index in [-0.39, 0.29) is 5.91 Å². The van der Waals surface area contributed by atoms with Crippen LogP contribution in [-0.4, -0.2) is 30.5 Å². The first-order valence-corrected chi connectivity index (χ1v) is 8.51. The van der Waals surface area contributed by atoms with Crippen LogP contribution in [0.1, 0.15) is 18.4 Å². The summed E-state index contributed by atoms with van der Waals surface area (Å²) in [5.74, 6) is 1.54. The first-order valence-electron chi connectivity index (χ1n) is 8.51. The molecule has 3 heteroatoms. The molecule has 0 unspecified atom stereocenters. The largest absolute Gasteiger partial charge is 0.493 e. The van der Waals surface area contributed by atoms with Gasteiger partial charge in [0.25, 0.3) is 0 Å². The number of hydrogen-bond donors (Lipinski definition) is 0. The lowest BCUT2D eigenvalue weighted by atomic mass is 9.97. The van der Waals surface area contributed by atoms with Crippen LogP contribution in [0.2, 0.25) is 0 Å². The molecule has 1 saturated heterocycles. The van der Waals surface area contributed by atoms with Crippen molar-refractivity contribution < 1.29 is 9.53 Å². The minimum atomic E-state index is 0.0984. The summed E-state index contributed by atoms with van der Waals surface area (Å²) in [6, 6.07) is 19.8. The second-order valence-electron chi connectivity index (χ2n) is 6.14. The van der Waals surface area contributed by atoms with Crippen LogP contribution in [0.15, 0.2) is 66.7 Å². The summed E-state index contributed by atoms with van der Waals surface area (Å²) in [4.78, 5) is 14.2. The molecule has 2 aromatic carbocycles. The molecule has 0 saturated carbocycles. The van der Waals surface area contributed by atoms with Gasteiger partial charge in [0.15, 0.2) is 0 Å². The number of para-hydroxylation sites is 1. The van der Waals surface area contributed by atoms with Gasteiger partial charge in [-0.25, -0.2) is 0 Å². The van der Waals surface area contributed by atoms with Crippen molar-refractivity contribution in [2.24, 2.45) is 5.92 Å². The van der Waals surface area contributed by atoms with E-state index in [9.17, 15) is 4.79 Å². The molecule has 2 aromatic rings. The number of benzene rings is 2. The molecule has 24 heavy (non-hydrogen) atoms. The Bertz CT molecular complexity index is 659. The molecule has 0 N–H and O–H groups in total. The van der Waals surface area contributed by atoms with Crippen LogP contribution in [0.25, 0.3) is 6.08 Å². The van der Waals surface area contributed by atoms with Gasteiger partial charge in [0, 0.05) is 19.2 Å². The highest BCUT2D eigenvalue weighted by atomic mass is 16.5. The van der Waals surface area contributed by atoms with E-state index in [1.54, 1.807) is 6.08 Å². The van der Waals surface area contributed by atoms with E-state index >= 15 is 0 Å². The molecular weight excluding hydrogens is 298 g/mol. The van der Waals surface area contributed by atoms with E-state index in [1.807, 2.05) is 71.6 Å². The summed E-state index contributed by atoms with van der Waals surface area (Å²) in [6.07, 6.45) is 5.55. The van der Waals surface area contributed by atoms with E-state index in [0.29, 0.717) is 5.92 Å². The van der Waals surface area contributed by atoms with E-state index in [4.69, 9.17) is 4.74 Å². The summed E-state index contributed by atoms with van der Waals surface area (Å²) >= 11 is 0. The van der Waals surface area contributed by atoms with Crippen molar-refractivity contribution in [3.63, 3.8) is 0 Å². The van der Waals surface area contributed by atoms with Crippen LogP contribution >= 0.6 is 0 Å².